The van der Waals surface area contributed by atoms with Crippen LogP contribution in [0.25, 0.3) is 0 Å². The van der Waals surface area contributed by atoms with Crippen LogP contribution in [0.3, 0.4) is 0 Å². The van der Waals surface area contributed by atoms with E-state index in [0.717, 1.165) is 11.3 Å². The third-order valence-corrected chi connectivity index (χ3v) is 4.02. The van der Waals surface area contributed by atoms with Crippen LogP contribution in [0.5, 0.6) is 5.75 Å². The molecular formula is C15H19N5O2S. The summed E-state index contributed by atoms with van der Waals surface area (Å²) in [6.45, 7) is 4.57. The molecule has 3 N–H and O–H groups in total. The average Bonchev–Trinajstić information content (AvgIpc) is 2.92. The lowest BCUT2D eigenvalue weighted by Crippen LogP contribution is -2.25. The number of thioether (sulfide) groups is 1. The van der Waals surface area contributed by atoms with Crippen molar-refractivity contribution in [2.24, 2.45) is 0 Å². The Morgan fingerprint density at radius 3 is 3.00 bits per heavy atom. The molecule has 0 bridgehead atoms. The third-order valence-electron chi connectivity index (χ3n) is 3.06. The number of carbonyl (C=O) groups excluding carboxylic acids is 1. The van der Waals surface area contributed by atoms with Gasteiger partial charge in [-0.25, -0.2) is 0 Å². The normalized spacial score (nSPS) is 10.3. The molecule has 0 radical (unpaired) electrons. The Hall–Kier alpha value is -2.48. The number of aromatic nitrogens is 3. The van der Waals surface area contributed by atoms with Crippen LogP contribution in [0, 0.1) is 0 Å². The number of carbonyl (C=O) groups is 1. The van der Waals surface area contributed by atoms with E-state index in [0.29, 0.717) is 24.2 Å². The molecule has 0 aliphatic rings. The first-order chi connectivity index (χ1) is 11.2. The minimum atomic E-state index is -0.104. The molecule has 0 atom stereocenters. The van der Waals surface area contributed by atoms with E-state index in [1.807, 2.05) is 24.3 Å². The van der Waals surface area contributed by atoms with E-state index in [2.05, 4.69) is 22.1 Å². The molecule has 0 saturated carbocycles. The molecule has 0 unspecified atom stereocenters. The number of nitrogens with one attached hydrogen (secondary N) is 1. The molecule has 23 heavy (non-hydrogen) atoms. The fourth-order valence-electron chi connectivity index (χ4n) is 1.93. The standard InChI is InChI=1S/C15H19N5O2S/c1-3-8-20-14(16)18-19-15(20)23-10-13(21)17-9-11-6-4-5-7-12(11)22-2/h3-7H,1,8-10H2,2H3,(H2,16,18)(H,17,21). The van der Waals surface area contributed by atoms with Crippen molar-refractivity contribution in [3.8, 4) is 5.75 Å². The van der Waals surface area contributed by atoms with Gasteiger partial charge >= 0.3 is 0 Å². The lowest BCUT2D eigenvalue weighted by Gasteiger charge is -2.09. The molecule has 1 heterocycles. The smallest absolute Gasteiger partial charge is 0.230 e. The van der Waals surface area contributed by atoms with Crippen LogP contribution in [0.15, 0.2) is 42.1 Å². The number of benzene rings is 1. The molecule has 8 heteroatoms. The molecule has 0 aliphatic carbocycles. The second kappa shape index (κ2) is 8.23. The monoisotopic (exact) mass is 333 g/mol. The molecule has 1 aromatic carbocycles. The first-order valence-electron chi connectivity index (χ1n) is 6.96. The number of nitrogen functional groups attached to an aromatic ring is 1. The zero-order valence-corrected chi connectivity index (χ0v) is 13.7. The lowest BCUT2D eigenvalue weighted by molar-refractivity contribution is -0.118. The van der Waals surface area contributed by atoms with Gasteiger partial charge in [-0.2, -0.15) is 0 Å². The van der Waals surface area contributed by atoms with Gasteiger partial charge < -0.3 is 15.8 Å². The van der Waals surface area contributed by atoms with Gasteiger partial charge in [-0.3, -0.25) is 9.36 Å². The van der Waals surface area contributed by atoms with Crippen LogP contribution >= 0.6 is 11.8 Å². The van der Waals surface area contributed by atoms with Crippen molar-refractivity contribution in [3.63, 3.8) is 0 Å². The highest BCUT2D eigenvalue weighted by Gasteiger charge is 2.11. The third kappa shape index (κ3) is 4.49. The van der Waals surface area contributed by atoms with Crippen LogP contribution in [0.4, 0.5) is 5.95 Å². The first-order valence-corrected chi connectivity index (χ1v) is 7.95. The zero-order chi connectivity index (χ0) is 16.7. The highest BCUT2D eigenvalue weighted by molar-refractivity contribution is 7.99. The number of rotatable bonds is 8. The predicted octanol–water partition coefficient (Wildman–Crippen LogP) is 1.46. The van der Waals surface area contributed by atoms with E-state index < -0.39 is 0 Å². The fraction of sp³-hybridized carbons (Fsp3) is 0.267. The molecule has 0 fully saturated rings. The van der Waals surface area contributed by atoms with E-state index in [1.165, 1.54) is 11.8 Å². The Balaban J connectivity index is 1.87. The molecule has 1 aromatic heterocycles. The number of anilines is 1. The van der Waals surface area contributed by atoms with Crippen molar-refractivity contribution in [1.29, 1.82) is 0 Å². The van der Waals surface area contributed by atoms with Crippen molar-refractivity contribution in [3.05, 3.63) is 42.5 Å². The SMILES string of the molecule is C=CCn1c(N)nnc1SCC(=O)NCc1ccccc1OC. The zero-order valence-electron chi connectivity index (χ0n) is 12.9. The summed E-state index contributed by atoms with van der Waals surface area (Å²) in [7, 11) is 1.60. The van der Waals surface area contributed by atoms with Gasteiger partial charge in [0.25, 0.3) is 0 Å². The molecule has 1 amide bonds. The number of allylic oxidation sites excluding steroid dienone is 1. The van der Waals surface area contributed by atoms with Crippen LogP contribution in [-0.2, 0) is 17.9 Å². The number of methoxy groups -OCH3 is 1. The summed E-state index contributed by atoms with van der Waals surface area (Å²) in [5.41, 5.74) is 6.64. The molecule has 7 nitrogen and oxygen atoms in total. The van der Waals surface area contributed by atoms with E-state index in [9.17, 15) is 4.79 Å². The summed E-state index contributed by atoms with van der Waals surface area (Å²) in [6, 6.07) is 7.56. The van der Waals surface area contributed by atoms with E-state index in [4.69, 9.17) is 10.5 Å². The van der Waals surface area contributed by atoms with Crippen LogP contribution in [0.2, 0.25) is 0 Å². The molecule has 2 aromatic rings. The molecule has 122 valence electrons. The van der Waals surface area contributed by atoms with Gasteiger partial charge in [0, 0.05) is 18.7 Å². The van der Waals surface area contributed by atoms with Crippen molar-refractivity contribution in [1.82, 2.24) is 20.1 Å². The topological polar surface area (TPSA) is 95.1 Å². The maximum atomic E-state index is 12.0. The largest absolute Gasteiger partial charge is 0.496 e. The molecule has 0 saturated heterocycles. The highest BCUT2D eigenvalue weighted by Crippen LogP contribution is 2.19. The van der Waals surface area contributed by atoms with E-state index in [-0.39, 0.29) is 11.7 Å². The first kappa shape index (κ1) is 16.9. The molecule has 0 aliphatic heterocycles. The number of ether oxygens (including phenoxy) is 1. The summed E-state index contributed by atoms with van der Waals surface area (Å²) in [5.74, 6) is 1.18. The van der Waals surface area contributed by atoms with Gasteiger partial charge in [0.2, 0.25) is 11.9 Å². The summed E-state index contributed by atoms with van der Waals surface area (Å²) in [5, 5.41) is 11.2. The second-order valence-electron chi connectivity index (χ2n) is 4.62. The molecular weight excluding hydrogens is 314 g/mol. The second-order valence-corrected chi connectivity index (χ2v) is 5.56. The van der Waals surface area contributed by atoms with Crippen molar-refractivity contribution in [2.75, 3.05) is 18.6 Å². The fourth-order valence-corrected chi connectivity index (χ4v) is 2.72. The maximum Gasteiger partial charge on any atom is 0.230 e. The number of para-hydroxylation sites is 1. The number of hydrogen-bond acceptors (Lipinski definition) is 6. The van der Waals surface area contributed by atoms with E-state index in [1.54, 1.807) is 17.8 Å². The van der Waals surface area contributed by atoms with Crippen LogP contribution in [-0.4, -0.2) is 33.5 Å². The summed E-state index contributed by atoms with van der Waals surface area (Å²) < 4.78 is 6.95. The number of nitrogens with zero attached hydrogens (tertiary/aromatic N) is 3. The average molecular weight is 333 g/mol. The Labute approximate surface area is 138 Å². The van der Waals surface area contributed by atoms with Gasteiger partial charge in [0.15, 0.2) is 5.16 Å². The van der Waals surface area contributed by atoms with Crippen molar-refractivity contribution < 1.29 is 9.53 Å². The van der Waals surface area contributed by atoms with Gasteiger partial charge in [0.1, 0.15) is 5.75 Å². The van der Waals surface area contributed by atoms with Gasteiger partial charge in [-0.15, -0.1) is 16.8 Å². The quantitative estimate of drug-likeness (QED) is 0.561. The van der Waals surface area contributed by atoms with E-state index >= 15 is 0 Å². The van der Waals surface area contributed by atoms with Crippen molar-refractivity contribution in [2.45, 2.75) is 18.2 Å². The Morgan fingerprint density at radius 1 is 1.48 bits per heavy atom. The number of amides is 1. The van der Waals surface area contributed by atoms with Gasteiger partial charge in [-0.05, 0) is 6.07 Å². The summed E-state index contributed by atoms with van der Waals surface area (Å²) in [4.78, 5) is 12.0. The Morgan fingerprint density at radius 2 is 2.26 bits per heavy atom. The van der Waals surface area contributed by atoms with Gasteiger partial charge in [-0.1, -0.05) is 36.0 Å². The molecule has 2 rings (SSSR count). The Kier molecular flexibility index (Phi) is 6.04. The summed E-state index contributed by atoms with van der Waals surface area (Å²) in [6.07, 6.45) is 1.70. The minimum Gasteiger partial charge on any atom is -0.496 e. The summed E-state index contributed by atoms with van der Waals surface area (Å²) >= 11 is 1.28. The van der Waals surface area contributed by atoms with Gasteiger partial charge in [0.05, 0.1) is 12.9 Å². The highest BCUT2D eigenvalue weighted by atomic mass is 32.2. The number of nitrogens with two attached hydrogens (primary N) is 1. The van der Waals surface area contributed by atoms with Crippen LogP contribution in [0.1, 0.15) is 5.56 Å². The lowest BCUT2D eigenvalue weighted by atomic mass is 10.2. The predicted molar refractivity (Wildman–Crippen MR) is 90.2 cm³/mol. The minimum absolute atomic E-state index is 0.104. The Bertz CT molecular complexity index is 686. The number of hydrogen-bond donors (Lipinski definition) is 2. The van der Waals surface area contributed by atoms with Crippen molar-refractivity contribution >= 4 is 23.6 Å². The maximum absolute atomic E-state index is 12.0. The van der Waals surface area contributed by atoms with Crippen LogP contribution < -0.4 is 15.8 Å². The molecule has 0 spiro atoms.